The van der Waals surface area contributed by atoms with E-state index in [0.717, 1.165) is 15.6 Å². The minimum Gasteiger partial charge on any atom is -0.310 e. The Morgan fingerprint density at radius 2 is 2.08 bits per heavy atom. The number of fused-ring (bicyclic) bond motifs is 1. The molecule has 66 valence electrons. The fourth-order valence-electron chi connectivity index (χ4n) is 1.23. The minimum atomic E-state index is -0.0170. The summed E-state index contributed by atoms with van der Waals surface area (Å²) in [6, 6.07) is 6.93. The molecule has 0 radical (unpaired) electrons. The zero-order valence-electron chi connectivity index (χ0n) is 6.99. The molecule has 0 amide bonds. The number of aromatic nitrogens is 2. The van der Waals surface area contributed by atoms with E-state index in [-0.39, 0.29) is 5.56 Å². The largest absolute Gasteiger partial charge is 0.310 e. The van der Waals surface area contributed by atoms with Gasteiger partial charge in [0.25, 0.3) is 5.56 Å². The molecule has 0 aliphatic carbocycles. The monoisotopic (exact) mass is 238 g/mol. The third-order valence-corrected chi connectivity index (χ3v) is 2.39. The standard InChI is InChI=1S/C9H7BrN2O/c1-12-7-3-4-8(10)11-6(7)2-5-9(12)13/h2-5H,1H3. The Morgan fingerprint density at radius 1 is 1.31 bits per heavy atom. The van der Waals surface area contributed by atoms with E-state index in [1.807, 2.05) is 12.1 Å². The van der Waals surface area contributed by atoms with Crippen LogP contribution in [0.25, 0.3) is 11.0 Å². The highest BCUT2D eigenvalue weighted by Crippen LogP contribution is 2.12. The first-order valence-electron chi connectivity index (χ1n) is 3.81. The summed E-state index contributed by atoms with van der Waals surface area (Å²) in [5.74, 6) is 0. The van der Waals surface area contributed by atoms with Crippen molar-refractivity contribution in [1.82, 2.24) is 9.55 Å². The van der Waals surface area contributed by atoms with E-state index in [1.54, 1.807) is 17.7 Å². The van der Waals surface area contributed by atoms with Crippen LogP contribution < -0.4 is 5.56 Å². The summed E-state index contributed by atoms with van der Waals surface area (Å²) in [6.07, 6.45) is 0. The number of hydrogen-bond donors (Lipinski definition) is 0. The number of rotatable bonds is 0. The van der Waals surface area contributed by atoms with Crippen LogP contribution in [0.15, 0.2) is 33.7 Å². The van der Waals surface area contributed by atoms with Crippen LogP contribution in [-0.2, 0) is 7.05 Å². The maximum absolute atomic E-state index is 11.2. The first-order chi connectivity index (χ1) is 6.18. The van der Waals surface area contributed by atoms with E-state index in [1.165, 1.54) is 6.07 Å². The third kappa shape index (κ3) is 1.37. The fourth-order valence-corrected chi connectivity index (χ4v) is 1.55. The lowest BCUT2D eigenvalue weighted by Gasteiger charge is -2.02. The van der Waals surface area contributed by atoms with Crippen molar-refractivity contribution in [3.63, 3.8) is 0 Å². The van der Waals surface area contributed by atoms with Crippen LogP contribution >= 0.6 is 15.9 Å². The predicted molar refractivity (Wildman–Crippen MR) is 54.7 cm³/mol. The van der Waals surface area contributed by atoms with E-state index >= 15 is 0 Å². The Balaban J connectivity index is 2.95. The highest BCUT2D eigenvalue weighted by molar-refractivity contribution is 9.10. The molecule has 4 heteroatoms. The summed E-state index contributed by atoms with van der Waals surface area (Å²) in [5.41, 5.74) is 1.64. The number of hydrogen-bond acceptors (Lipinski definition) is 2. The molecule has 0 aromatic carbocycles. The van der Waals surface area contributed by atoms with Gasteiger partial charge in [0, 0.05) is 13.1 Å². The molecule has 0 N–H and O–H groups in total. The Labute approximate surface area is 83.2 Å². The van der Waals surface area contributed by atoms with Gasteiger partial charge in [0.2, 0.25) is 0 Å². The van der Waals surface area contributed by atoms with Gasteiger partial charge in [-0.1, -0.05) is 0 Å². The van der Waals surface area contributed by atoms with Gasteiger partial charge in [-0.2, -0.15) is 0 Å². The van der Waals surface area contributed by atoms with Crippen LogP contribution in [0.2, 0.25) is 0 Å². The number of aryl methyl sites for hydroxylation is 1. The Hall–Kier alpha value is -1.16. The van der Waals surface area contributed by atoms with Crippen molar-refractivity contribution < 1.29 is 0 Å². The van der Waals surface area contributed by atoms with Crippen molar-refractivity contribution in [1.29, 1.82) is 0 Å². The minimum absolute atomic E-state index is 0.0170. The lowest BCUT2D eigenvalue weighted by atomic mass is 10.3. The summed E-state index contributed by atoms with van der Waals surface area (Å²) in [4.78, 5) is 15.5. The maximum Gasteiger partial charge on any atom is 0.250 e. The molecule has 2 heterocycles. The first kappa shape index (κ1) is 8.44. The Bertz CT molecular complexity index is 518. The second kappa shape index (κ2) is 2.96. The molecule has 0 fully saturated rings. The summed E-state index contributed by atoms with van der Waals surface area (Å²) < 4.78 is 2.35. The molecule has 2 rings (SSSR count). The molecule has 0 saturated carbocycles. The molecule has 0 atom stereocenters. The molecule has 0 bridgehead atoms. The molecule has 0 saturated heterocycles. The fraction of sp³-hybridized carbons (Fsp3) is 0.111. The lowest BCUT2D eigenvalue weighted by molar-refractivity contribution is 0.902. The van der Waals surface area contributed by atoms with Crippen molar-refractivity contribution in [3.8, 4) is 0 Å². The van der Waals surface area contributed by atoms with Gasteiger partial charge in [-0.15, -0.1) is 0 Å². The van der Waals surface area contributed by atoms with Gasteiger partial charge < -0.3 is 4.57 Å². The number of pyridine rings is 2. The number of halogens is 1. The first-order valence-corrected chi connectivity index (χ1v) is 4.60. The summed E-state index contributed by atoms with van der Waals surface area (Å²) >= 11 is 3.28. The molecule has 0 unspecified atom stereocenters. The summed E-state index contributed by atoms with van der Waals surface area (Å²) in [7, 11) is 1.74. The van der Waals surface area contributed by atoms with Crippen LogP contribution in [0.4, 0.5) is 0 Å². The van der Waals surface area contributed by atoms with E-state index in [4.69, 9.17) is 0 Å². The molecular formula is C9H7BrN2O. The Kier molecular flexibility index (Phi) is 1.92. The maximum atomic E-state index is 11.2. The van der Waals surface area contributed by atoms with E-state index in [2.05, 4.69) is 20.9 Å². The van der Waals surface area contributed by atoms with Crippen LogP contribution in [0.1, 0.15) is 0 Å². The second-order valence-corrected chi connectivity index (χ2v) is 3.58. The van der Waals surface area contributed by atoms with Gasteiger partial charge in [-0.05, 0) is 34.1 Å². The van der Waals surface area contributed by atoms with Gasteiger partial charge in [-0.3, -0.25) is 4.79 Å². The van der Waals surface area contributed by atoms with Gasteiger partial charge in [-0.25, -0.2) is 4.98 Å². The van der Waals surface area contributed by atoms with E-state index < -0.39 is 0 Å². The molecule has 3 nitrogen and oxygen atoms in total. The molecule has 2 aromatic heterocycles. The van der Waals surface area contributed by atoms with Crippen molar-refractivity contribution in [2.45, 2.75) is 0 Å². The van der Waals surface area contributed by atoms with Gasteiger partial charge in [0.1, 0.15) is 4.60 Å². The molecular weight excluding hydrogens is 232 g/mol. The second-order valence-electron chi connectivity index (χ2n) is 2.77. The zero-order valence-corrected chi connectivity index (χ0v) is 8.58. The highest BCUT2D eigenvalue weighted by atomic mass is 79.9. The lowest BCUT2D eigenvalue weighted by Crippen LogP contribution is -2.15. The van der Waals surface area contributed by atoms with E-state index in [9.17, 15) is 4.79 Å². The van der Waals surface area contributed by atoms with Crippen LogP contribution in [0, 0.1) is 0 Å². The van der Waals surface area contributed by atoms with Gasteiger partial charge in [0.15, 0.2) is 0 Å². The molecule has 13 heavy (non-hydrogen) atoms. The quantitative estimate of drug-likeness (QED) is 0.656. The normalized spacial score (nSPS) is 10.6. The van der Waals surface area contributed by atoms with Crippen molar-refractivity contribution in [2.75, 3.05) is 0 Å². The topological polar surface area (TPSA) is 34.9 Å². The van der Waals surface area contributed by atoms with Gasteiger partial charge in [0.05, 0.1) is 11.0 Å². The van der Waals surface area contributed by atoms with Crippen molar-refractivity contribution in [3.05, 3.63) is 39.2 Å². The SMILES string of the molecule is Cn1c(=O)ccc2nc(Br)ccc21. The average Bonchev–Trinajstić information content (AvgIpc) is 2.12. The van der Waals surface area contributed by atoms with Crippen molar-refractivity contribution in [2.24, 2.45) is 7.05 Å². The predicted octanol–water partition coefficient (Wildman–Crippen LogP) is 1.70. The van der Waals surface area contributed by atoms with Crippen molar-refractivity contribution >= 4 is 27.0 Å². The van der Waals surface area contributed by atoms with Gasteiger partial charge >= 0.3 is 0 Å². The Morgan fingerprint density at radius 3 is 2.85 bits per heavy atom. The highest BCUT2D eigenvalue weighted by Gasteiger charge is 1.99. The van der Waals surface area contributed by atoms with E-state index in [0.29, 0.717) is 0 Å². The average molecular weight is 239 g/mol. The summed E-state index contributed by atoms with van der Waals surface area (Å²) in [6.45, 7) is 0. The molecule has 0 aliphatic heterocycles. The van der Waals surface area contributed by atoms with Crippen LogP contribution in [-0.4, -0.2) is 9.55 Å². The molecule has 0 spiro atoms. The zero-order chi connectivity index (χ0) is 9.42. The van der Waals surface area contributed by atoms with Crippen LogP contribution in [0.5, 0.6) is 0 Å². The molecule has 0 aliphatic rings. The smallest absolute Gasteiger partial charge is 0.250 e. The number of nitrogens with zero attached hydrogens (tertiary/aromatic N) is 2. The van der Waals surface area contributed by atoms with Crippen LogP contribution in [0.3, 0.4) is 0 Å². The third-order valence-electron chi connectivity index (χ3n) is 1.94. The molecule has 2 aromatic rings. The summed E-state index contributed by atoms with van der Waals surface area (Å²) in [5, 5.41) is 0.